The Morgan fingerprint density at radius 2 is 1.83 bits per heavy atom. The quantitative estimate of drug-likeness (QED) is 0.676. The summed E-state index contributed by atoms with van der Waals surface area (Å²) in [5, 5.41) is 0. The van der Waals surface area contributed by atoms with Crippen LogP contribution in [0.4, 0.5) is 0 Å². The first-order valence-corrected chi connectivity index (χ1v) is 9.19. The van der Waals surface area contributed by atoms with E-state index in [1.54, 1.807) is 6.21 Å². The van der Waals surface area contributed by atoms with Crippen molar-refractivity contribution in [3.63, 3.8) is 0 Å². The summed E-state index contributed by atoms with van der Waals surface area (Å²) >= 11 is 3.50. The molecule has 0 amide bonds. The molecule has 2 aromatic carbocycles. The van der Waals surface area contributed by atoms with Crippen LogP contribution in [0.25, 0.3) is 0 Å². The SMILES string of the molecule is CC(C)(C)S(=O)N=Cc1cccc(Br)c1OCc1ccccc1. The molecule has 122 valence electrons. The van der Waals surface area contributed by atoms with Crippen LogP contribution in [0.1, 0.15) is 31.9 Å². The average molecular weight is 394 g/mol. The van der Waals surface area contributed by atoms with Gasteiger partial charge in [0, 0.05) is 11.8 Å². The predicted octanol–water partition coefficient (Wildman–Crippen LogP) is 4.91. The van der Waals surface area contributed by atoms with Crippen LogP contribution in [0.3, 0.4) is 0 Å². The minimum absolute atomic E-state index is 0.381. The van der Waals surface area contributed by atoms with Crippen molar-refractivity contribution in [2.45, 2.75) is 32.1 Å². The highest BCUT2D eigenvalue weighted by Crippen LogP contribution is 2.29. The van der Waals surface area contributed by atoms with E-state index in [0.29, 0.717) is 12.4 Å². The van der Waals surface area contributed by atoms with Crippen LogP contribution in [0, 0.1) is 0 Å². The van der Waals surface area contributed by atoms with Gasteiger partial charge in [0.2, 0.25) is 0 Å². The molecule has 0 saturated heterocycles. The molecule has 0 bridgehead atoms. The Morgan fingerprint density at radius 3 is 2.48 bits per heavy atom. The smallest absolute Gasteiger partial charge is 0.144 e. The van der Waals surface area contributed by atoms with Crippen LogP contribution in [0.5, 0.6) is 5.75 Å². The van der Waals surface area contributed by atoms with Gasteiger partial charge in [0.1, 0.15) is 23.3 Å². The van der Waals surface area contributed by atoms with E-state index < -0.39 is 11.0 Å². The molecule has 2 rings (SSSR count). The maximum absolute atomic E-state index is 12.1. The molecule has 2 aromatic rings. The van der Waals surface area contributed by atoms with Crippen LogP contribution < -0.4 is 4.74 Å². The summed E-state index contributed by atoms with van der Waals surface area (Å²) in [5.74, 6) is 0.700. The summed E-state index contributed by atoms with van der Waals surface area (Å²) in [6, 6.07) is 15.7. The van der Waals surface area contributed by atoms with Crippen molar-refractivity contribution >= 4 is 33.1 Å². The zero-order valence-corrected chi connectivity index (χ0v) is 15.9. The summed E-state index contributed by atoms with van der Waals surface area (Å²) in [7, 11) is -1.29. The zero-order valence-electron chi connectivity index (χ0n) is 13.5. The molecule has 0 heterocycles. The molecule has 0 spiro atoms. The number of rotatable bonds is 5. The summed E-state index contributed by atoms with van der Waals surface area (Å²) in [6.07, 6.45) is 1.62. The van der Waals surface area contributed by atoms with Gasteiger partial charge in [-0.3, -0.25) is 0 Å². The van der Waals surface area contributed by atoms with Gasteiger partial charge < -0.3 is 4.74 Å². The molecule has 0 aliphatic rings. The molecular weight excluding hydrogens is 374 g/mol. The molecule has 23 heavy (non-hydrogen) atoms. The Bertz CT molecular complexity index is 709. The molecule has 5 heteroatoms. The maximum atomic E-state index is 12.1. The average Bonchev–Trinajstić information content (AvgIpc) is 2.51. The van der Waals surface area contributed by atoms with Crippen molar-refractivity contribution in [2.24, 2.45) is 4.40 Å². The van der Waals surface area contributed by atoms with Gasteiger partial charge in [-0.15, -0.1) is 0 Å². The van der Waals surface area contributed by atoms with Crippen molar-refractivity contribution in [1.29, 1.82) is 0 Å². The number of hydrogen-bond donors (Lipinski definition) is 0. The van der Waals surface area contributed by atoms with Crippen molar-refractivity contribution in [3.05, 3.63) is 64.1 Å². The van der Waals surface area contributed by atoms with Gasteiger partial charge in [0.25, 0.3) is 0 Å². The molecule has 1 unspecified atom stereocenters. The first kappa shape index (κ1) is 17.9. The van der Waals surface area contributed by atoms with E-state index in [1.807, 2.05) is 69.3 Å². The lowest BCUT2D eigenvalue weighted by atomic mass is 10.2. The zero-order chi connectivity index (χ0) is 16.9. The van der Waals surface area contributed by atoms with E-state index in [1.165, 1.54) is 0 Å². The third-order valence-electron chi connectivity index (χ3n) is 3.03. The highest BCUT2D eigenvalue weighted by molar-refractivity contribution is 9.10. The van der Waals surface area contributed by atoms with Gasteiger partial charge in [0.15, 0.2) is 0 Å². The molecule has 0 saturated carbocycles. The highest BCUT2D eigenvalue weighted by Gasteiger charge is 2.18. The maximum Gasteiger partial charge on any atom is 0.144 e. The van der Waals surface area contributed by atoms with Crippen molar-refractivity contribution in [1.82, 2.24) is 0 Å². The fourth-order valence-electron chi connectivity index (χ4n) is 1.77. The first-order valence-electron chi connectivity index (χ1n) is 7.29. The molecule has 0 aliphatic carbocycles. The molecular formula is C18H20BrNO2S. The molecule has 0 fully saturated rings. The Kier molecular flexibility index (Phi) is 6.13. The van der Waals surface area contributed by atoms with Gasteiger partial charge in [-0.05, 0) is 54.4 Å². The van der Waals surface area contributed by atoms with E-state index in [-0.39, 0.29) is 4.75 Å². The van der Waals surface area contributed by atoms with Crippen LogP contribution in [-0.2, 0) is 17.6 Å². The standard InChI is InChI=1S/C18H20BrNO2S/c1-18(2,3)23(21)20-12-15-10-7-11-16(19)17(15)22-13-14-8-5-4-6-9-14/h4-12H,13H2,1-3H3. The Labute approximate surface area is 148 Å². The highest BCUT2D eigenvalue weighted by atomic mass is 79.9. The lowest BCUT2D eigenvalue weighted by molar-refractivity contribution is 0.304. The second kappa shape index (κ2) is 7.88. The second-order valence-corrected chi connectivity index (χ2v) is 8.82. The number of benzene rings is 2. The summed E-state index contributed by atoms with van der Waals surface area (Å²) < 4.78 is 22.6. The van der Waals surface area contributed by atoms with Crippen LogP contribution in [0.2, 0.25) is 0 Å². The largest absolute Gasteiger partial charge is 0.487 e. The Hall–Kier alpha value is -1.46. The van der Waals surface area contributed by atoms with E-state index in [9.17, 15) is 4.21 Å². The van der Waals surface area contributed by atoms with Crippen LogP contribution in [-0.4, -0.2) is 15.2 Å². The van der Waals surface area contributed by atoms with Crippen LogP contribution in [0.15, 0.2) is 57.4 Å². The van der Waals surface area contributed by atoms with E-state index in [2.05, 4.69) is 20.3 Å². The monoisotopic (exact) mass is 393 g/mol. The molecule has 3 nitrogen and oxygen atoms in total. The molecule has 0 aromatic heterocycles. The minimum atomic E-state index is -1.29. The van der Waals surface area contributed by atoms with Gasteiger partial charge in [-0.1, -0.05) is 36.4 Å². The summed E-state index contributed by atoms with van der Waals surface area (Å²) in [6.45, 7) is 6.16. The predicted molar refractivity (Wildman–Crippen MR) is 100 cm³/mol. The number of nitrogens with zero attached hydrogens (tertiary/aromatic N) is 1. The van der Waals surface area contributed by atoms with Gasteiger partial charge >= 0.3 is 0 Å². The molecule has 1 atom stereocenters. The summed E-state index contributed by atoms with van der Waals surface area (Å²) in [5.41, 5.74) is 1.89. The van der Waals surface area contributed by atoms with Crippen molar-refractivity contribution in [2.75, 3.05) is 0 Å². The summed E-state index contributed by atoms with van der Waals surface area (Å²) in [4.78, 5) is 0. The van der Waals surface area contributed by atoms with E-state index in [0.717, 1.165) is 15.6 Å². The topological polar surface area (TPSA) is 38.7 Å². The Balaban J connectivity index is 2.19. The number of hydrogen-bond acceptors (Lipinski definition) is 2. The number of halogens is 1. The lowest BCUT2D eigenvalue weighted by Gasteiger charge is -2.14. The molecule has 0 aliphatic heterocycles. The third kappa shape index (κ3) is 5.29. The second-order valence-electron chi connectivity index (χ2n) is 6.03. The third-order valence-corrected chi connectivity index (χ3v) is 5.00. The van der Waals surface area contributed by atoms with Crippen molar-refractivity contribution < 1.29 is 8.95 Å². The minimum Gasteiger partial charge on any atom is -0.487 e. The number of para-hydroxylation sites is 1. The molecule has 0 N–H and O–H groups in total. The molecule has 0 radical (unpaired) electrons. The number of ether oxygens (including phenoxy) is 1. The van der Waals surface area contributed by atoms with E-state index in [4.69, 9.17) is 4.74 Å². The van der Waals surface area contributed by atoms with Crippen molar-refractivity contribution in [3.8, 4) is 5.75 Å². The fraction of sp³-hybridized carbons (Fsp3) is 0.278. The lowest BCUT2D eigenvalue weighted by Crippen LogP contribution is -2.19. The normalized spacial score (nSPS) is 13.2. The van der Waals surface area contributed by atoms with Gasteiger partial charge in [-0.25, -0.2) is 4.21 Å². The fourth-order valence-corrected chi connectivity index (χ4v) is 2.79. The van der Waals surface area contributed by atoms with Gasteiger partial charge in [-0.2, -0.15) is 4.40 Å². The first-order chi connectivity index (χ1) is 10.9. The Morgan fingerprint density at radius 1 is 1.13 bits per heavy atom. The van der Waals surface area contributed by atoms with E-state index >= 15 is 0 Å². The van der Waals surface area contributed by atoms with Gasteiger partial charge in [0.05, 0.1) is 9.22 Å². The van der Waals surface area contributed by atoms with Crippen LogP contribution >= 0.6 is 15.9 Å².